The maximum Gasteiger partial charge on any atom is 0.236 e. The van der Waals surface area contributed by atoms with Gasteiger partial charge in [0.05, 0.1) is 21.3 Å². The van der Waals surface area contributed by atoms with Gasteiger partial charge in [-0.3, -0.25) is 9.59 Å². The normalized spacial score (nSPS) is 21.6. The van der Waals surface area contributed by atoms with Crippen molar-refractivity contribution in [2.24, 2.45) is 13.0 Å². The minimum atomic E-state index is -1.89. The van der Waals surface area contributed by atoms with Gasteiger partial charge >= 0.3 is 0 Å². The number of rotatable bonds is 7. The minimum absolute atomic E-state index is 0.0553. The number of ketones is 2. The highest BCUT2D eigenvalue weighted by Crippen LogP contribution is 2.55. The molecule has 4 aromatic rings. The topological polar surface area (TPSA) is 141 Å². The lowest BCUT2D eigenvalue weighted by Crippen LogP contribution is -2.58. The number of allylic oxidation sites excluding steroid dienone is 1. The molecule has 3 aliphatic rings. The third-order valence-corrected chi connectivity index (χ3v) is 9.02. The first-order chi connectivity index (χ1) is 21.7. The second kappa shape index (κ2) is 10.5. The Bertz CT molecular complexity index is 1920. The van der Waals surface area contributed by atoms with Crippen LogP contribution < -0.4 is 29.0 Å². The zero-order valence-electron chi connectivity index (χ0n) is 25.1. The molecule has 4 heterocycles. The van der Waals surface area contributed by atoms with Crippen LogP contribution >= 0.6 is 11.6 Å². The first kappa shape index (κ1) is 28.7. The Kier molecular flexibility index (Phi) is 6.73. The van der Waals surface area contributed by atoms with Crippen LogP contribution in [0.15, 0.2) is 54.3 Å². The molecule has 232 valence electrons. The Morgan fingerprint density at radius 3 is 2.53 bits per heavy atom. The smallest absolute Gasteiger partial charge is 0.236 e. The summed E-state index contributed by atoms with van der Waals surface area (Å²) in [5, 5.41) is 7.79. The Hall–Kier alpha value is -5.04. The molecule has 0 fully saturated rings. The molecule has 1 N–H and O–H groups in total. The van der Waals surface area contributed by atoms with Gasteiger partial charge in [-0.2, -0.15) is 10.1 Å². The SMILES string of the molecule is COc1cc(C2C3=C(C[C@@H](C)[C@]4(Oc5c(Cl)c(OC)cc(OC)c5C4=O)C3=O)Nc3ncnn32)ccc1OCc1nccn1C. The van der Waals surface area contributed by atoms with Crippen LogP contribution in [-0.4, -0.2) is 62.8 Å². The van der Waals surface area contributed by atoms with Gasteiger partial charge < -0.3 is 33.6 Å². The number of methoxy groups -OCH3 is 3. The van der Waals surface area contributed by atoms with Crippen LogP contribution in [0.1, 0.15) is 41.1 Å². The van der Waals surface area contributed by atoms with E-state index in [9.17, 15) is 9.59 Å². The van der Waals surface area contributed by atoms with Crippen LogP contribution in [0.2, 0.25) is 5.02 Å². The fraction of sp³-hybridized carbons (Fsp3) is 0.323. The second-order valence-corrected chi connectivity index (χ2v) is 11.4. The number of aromatic nitrogens is 5. The molecule has 0 bridgehead atoms. The minimum Gasteiger partial charge on any atom is -0.496 e. The summed E-state index contributed by atoms with van der Waals surface area (Å²) in [5.41, 5.74) is -0.184. The number of hydrogen-bond acceptors (Lipinski definition) is 11. The van der Waals surface area contributed by atoms with E-state index in [0.717, 1.165) is 5.82 Å². The molecule has 1 unspecified atom stereocenters. The van der Waals surface area contributed by atoms with E-state index in [-0.39, 0.29) is 34.4 Å². The highest BCUT2D eigenvalue weighted by atomic mass is 35.5. The van der Waals surface area contributed by atoms with Crippen molar-refractivity contribution in [3.8, 4) is 28.7 Å². The molecular weight excluding hydrogens is 604 g/mol. The zero-order valence-corrected chi connectivity index (χ0v) is 25.8. The van der Waals surface area contributed by atoms with Gasteiger partial charge in [0.1, 0.15) is 46.9 Å². The first-order valence-electron chi connectivity index (χ1n) is 14.1. The van der Waals surface area contributed by atoms with E-state index in [1.807, 2.05) is 23.9 Å². The number of halogens is 1. The lowest BCUT2D eigenvalue weighted by Gasteiger charge is -2.41. The second-order valence-electron chi connectivity index (χ2n) is 11.0. The van der Waals surface area contributed by atoms with Crippen molar-refractivity contribution in [2.45, 2.75) is 31.6 Å². The molecule has 0 saturated heterocycles. The summed E-state index contributed by atoms with van der Waals surface area (Å²) < 4.78 is 32.5. The summed E-state index contributed by atoms with van der Waals surface area (Å²) in [5.74, 6) is 1.04. The molecule has 0 amide bonds. The number of anilines is 1. The molecular formula is C31H29ClN6O7. The molecule has 2 aromatic carbocycles. The summed E-state index contributed by atoms with van der Waals surface area (Å²) in [4.78, 5) is 37.9. The standard InChI is InChI=1S/C31H29ClN6O7/c1-15-10-17-23(28(39)31(15)29(40)24-20(42-4)12-21(43-5)25(32)27(24)45-31)26(38-30(36-17)34-14-35-38)16-6-7-18(19(11-16)41-3)44-13-22-33-8-9-37(22)2/h6-9,11-12,14-15,26H,10,13H2,1-5H3,(H,34,35,36)/t15-,26?,31+/m1/s1. The van der Waals surface area contributed by atoms with E-state index in [4.69, 9.17) is 35.3 Å². The summed E-state index contributed by atoms with van der Waals surface area (Å²) in [7, 11) is 6.30. The van der Waals surface area contributed by atoms with Crippen molar-refractivity contribution in [2.75, 3.05) is 26.6 Å². The monoisotopic (exact) mass is 632 g/mol. The zero-order chi connectivity index (χ0) is 31.6. The van der Waals surface area contributed by atoms with Gasteiger partial charge in [0.25, 0.3) is 0 Å². The van der Waals surface area contributed by atoms with Crippen LogP contribution in [0.5, 0.6) is 28.7 Å². The van der Waals surface area contributed by atoms with Gasteiger partial charge in [-0.05, 0) is 24.1 Å². The van der Waals surface area contributed by atoms with Gasteiger partial charge in [-0.15, -0.1) is 0 Å². The van der Waals surface area contributed by atoms with Gasteiger partial charge in [0, 0.05) is 42.7 Å². The number of ether oxygens (including phenoxy) is 5. The van der Waals surface area contributed by atoms with Crippen molar-refractivity contribution in [1.29, 1.82) is 0 Å². The predicted molar refractivity (Wildman–Crippen MR) is 160 cm³/mol. The van der Waals surface area contributed by atoms with Crippen molar-refractivity contribution in [3.05, 3.63) is 76.2 Å². The average molecular weight is 633 g/mol. The van der Waals surface area contributed by atoms with E-state index in [1.165, 1.54) is 33.7 Å². The third kappa shape index (κ3) is 4.10. The molecule has 14 heteroatoms. The lowest BCUT2D eigenvalue weighted by atomic mass is 9.69. The Balaban J connectivity index is 1.32. The van der Waals surface area contributed by atoms with Crippen molar-refractivity contribution < 1.29 is 33.3 Å². The van der Waals surface area contributed by atoms with E-state index >= 15 is 0 Å². The summed E-state index contributed by atoms with van der Waals surface area (Å²) in [6.45, 7) is 2.03. The molecule has 45 heavy (non-hydrogen) atoms. The number of carbonyl (C=O) groups excluding carboxylic acids is 2. The maximum atomic E-state index is 14.9. The largest absolute Gasteiger partial charge is 0.496 e. The van der Waals surface area contributed by atoms with Gasteiger partial charge in [0.2, 0.25) is 23.1 Å². The summed E-state index contributed by atoms with van der Waals surface area (Å²) >= 11 is 6.63. The number of Topliss-reactive ketones (excluding diaryl/α,β-unsaturated/α-hetero) is 2. The van der Waals surface area contributed by atoms with Gasteiger partial charge in [-0.25, -0.2) is 9.67 Å². The fourth-order valence-corrected chi connectivity index (χ4v) is 6.61. The molecule has 0 radical (unpaired) electrons. The molecule has 2 aliphatic heterocycles. The van der Waals surface area contributed by atoms with E-state index in [1.54, 1.807) is 29.9 Å². The summed E-state index contributed by atoms with van der Waals surface area (Å²) in [6, 6.07) is 6.14. The number of nitrogens with one attached hydrogen (secondary N) is 1. The van der Waals surface area contributed by atoms with Crippen LogP contribution in [0, 0.1) is 5.92 Å². The van der Waals surface area contributed by atoms with Gasteiger partial charge in [-0.1, -0.05) is 24.6 Å². The number of benzene rings is 2. The van der Waals surface area contributed by atoms with Crippen LogP contribution in [0.25, 0.3) is 0 Å². The predicted octanol–water partition coefficient (Wildman–Crippen LogP) is 4.16. The highest BCUT2D eigenvalue weighted by molar-refractivity contribution is 6.36. The first-order valence-corrected chi connectivity index (χ1v) is 14.5. The Labute approximate surface area is 262 Å². The summed E-state index contributed by atoms with van der Waals surface area (Å²) in [6.07, 6.45) is 5.25. The molecule has 2 aromatic heterocycles. The molecule has 7 rings (SSSR count). The van der Waals surface area contributed by atoms with Crippen molar-refractivity contribution in [1.82, 2.24) is 24.3 Å². The van der Waals surface area contributed by atoms with E-state index in [2.05, 4.69) is 20.4 Å². The van der Waals surface area contributed by atoms with Crippen molar-refractivity contribution in [3.63, 3.8) is 0 Å². The number of fused-ring (bicyclic) bond motifs is 2. The molecule has 1 spiro atoms. The van der Waals surface area contributed by atoms with Crippen LogP contribution in [-0.2, 0) is 18.4 Å². The highest BCUT2D eigenvalue weighted by Gasteiger charge is 2.63. The molecule has 3 atom stereocenters. The lowest BCUT2D eigenvalue weighted by molar-refractivity contribution is -0.130. The molecule has 13 nitrogen and oxygen atoms in total. The van der Waals surface area contributed by atoms with Crippen LogP contribution in [0.3, 0.4) is 0 Å². The Morgan fingerprint density at radius 2 is 1.82 bits per heavy atom. The van der Waals surface area contributed by atoms with Crippen LogP contribution in [0.4, 0.5) is 5.95 Å². The maximum absolute atomic E-state index is 14.9. The third-order valence-electron chi connectivity index (χ3n) is 8.66. The number of hydrogen-bond donors (Lipinski definition) is 1. The van der Waals surface area contributed by atoms with E-state index in [0.29, 0.717) is 40.7 Å². The molecule has 1 aliphatic carbocycles. The van der Waals surface area contributed by atoms with Crippen molar-refractivity contribution >= 4 is 29.1 Å². The average Bonchev–Trinajstić information content (AvgIpc) is 3.76. The fourth-order valence-electron chi connectivity index (χ4n) is 6.35. The number of carbonyl (C=O) groups is 2. The number of nitrogens with zero attached hydrogens (tertiary/aromatic N) is 5. The molecule has 0 saturated carbocycles. The van der Waals surface area contributed by atoms with Gasteiger partial charge in [0.15, 0.2) is 17.2 Å². The van der Waals surface area contributed by atoms with E-state index < -0.39 is 29.1 Å². The quantitative estimate of drug-likeness (QED) is 0.294. The number of aryl methyl sites for hydroxylation is 1. The Morgan fingerprint density at radius 1 is 1.04 bits per heavy atom. The number of imidazole rings is 1.